The third-order valence-corrected chi connectivity index (χ3v) is 5.27. The molecule has 7 nitrogen and oxygen atoms in total. The maximum atomic E-state index is 15.3. The van der Waals surface area contributed by atoms with Crippen molar-refractivity contribution in [1.29, 1.82) is 0 Å². The average Bonchev–Trinajstić information content (AvgIpc) is 3.17. The van der Waals surface area contributed by atoms with Gasteiger partial charge >= 0.3 is 0 Å². The number of nitrogens with zero attached hydrogens (tertiary/aromatic N) is 4. The summed E-state index contributed by atoms with van der Waals surface area (Å²) in [7, 11) is 0. The second kappa shape index (κ2) is 7.19. The van der Waals surface area contributed by atoms with E-state index >= 15 is 4.39 Å². The van der Waals surface area contributed by atoms with E-state index in [0.717, 1.165) is 5.56 Å². The predicted octanol–water partition coefficient (Wildman–Crippen LogP) is 1.82. The summed E-state index contributed by atoms with van der Waals surface area (Å²) >= 11 is 0. The van der Waals surface area contributed by atoms with E-state index in [2.05, 4.69) is 26.8 Å². The van der Waals surface area contributed by atoms with Gasteiger partial charge in [-0.1, -0.05) is 12.0 Å². The predicted molar refractivity (Wildman–Crippen MR) is 104 cm³/mol. The van der Waals surface area contributed by atoms with Gasteiger partial charge in [-0.15, -0.1) is 0 Å². The zero-order chi connectivity index (χ0) is 20.8. The van der Waals surface area contributed by atoms with E-state index in [9.17, 15) is 10.2 Å². The topological polar surface area (TPSA) is 93.3 Å². The smallest absolute Gasteiger partial charge is 0.181 e. The molecule has 2 N–H and O–H groups in total. The SMILES string of the molecule is Cc1cccnc1C#Cc1cn([C@@H]2O[C@H](CO)[C@@H](O)[C@@]2(C)F)c2ncnc(C)c12. The molecule has 0 amide bonds. The zero-order valence-electron chi connectivity index (χ0n) is 16.3. The molecule has 0 aliphatic carbocycles. The lowest BCUT2D eigenvalue weighted by Gasteiger charge is -2.25. The maximum Gasteiger partial charge on any atom is 0.181 e. The molecule has 4 rings (SSSR count). The molecule has 1 aliphatic rings. The monoisotopic (exact) mass is 396 g/mol. The Morgan fingerprint density at radius 1 is 1.28 bits per heavy atom. The van der Waals surface area contributed by atoms with Crippen LogP contribution in [0.25, 0.3) is 11.0 Å². The molecule has 0 saturated carbocycles. The molecular weight excluding hydrogens is 375 g/mol. The molecule has 8 heteroatoms. The number of ether oxygens (including phenoxy) is 1. The van der Waals surface area contributed by atoms with Crippen molar-refractivity contribution in [1.82, 2.24) is 19.5 Å². The molecule has 29 heavy (non-hydrogen) atoms. The molecule has 4 atom stereocenters. The van der Waals surface area contributed by atoms with Crippen molar-refractivity contribution in [2.45, 2.75) is 44.9 Å². The molecule has 3 aromatic rings. The van der Waals surface area contributed by atoms with Crippen LogP contribution >= 0.6 is 0 Å². The highest BCUT2D eigenvalue weighted by Gasteiger charge is 2.55. The van der Waals surface area contributed by atoms with Gasteiger partial charge in [0.05, 0.1) is 23.3 Å². The second-order valence-electron chi connectivity index (χ2n) is 7.33. The number of pyridine rings is 1. The summed E-state index contributed by atoms with van der Waals surface area (Å²) in [6, 6.07) is 3.76. The second-order valence-corrected chi connectivity index (χ2v) is 7.33. The van der Waals surface area contributed by atoms with Gasteiger partial charge < -0.3 is 19.5 Å². The summed E-state index contributed by atoms with van der Waals surface area (Å²) in [6.07, 6.45) is 1.04. The third kappa shape index (κ3) is 3.17. The van der Waals surface area contributed by atoms with Crippen molar-refractivity contribution < 1.29 is 19.3 Å². The van der Waals surface area contributed by atoms with Gasteiger partial charge in [-0.2, -0.15) is 0 Å². The Bertz CT molecular complexity index is 1130. The first-order chi connectivity index (χ1) is 13.8. The Kier molecular flexibility index (Phi) is 4.82. The summed E-state index contributed by atoms with van der Waals surface area (Å²) in [5.74, 6) is 6.14. The van der Waals surface area contributed by atoms with Gasteiger partial charge in [-0.25, -0.2) is 19.3 Å². The van der Waals surface area contributed by atoms with Crippen LogP contribution in [-0.2, 0) is 4.74 Å². The summed E-state index contributed by atoms with van der Waals surface area (Å²) < 4.78 is 22.5. The van der Waals surface area contributed by atoms with Crippen LogP contribution in [0.1, 0.15) is 35.7 Å². The zero-order valence-corrected chi connectivity index (χ0v) is 16.3. The lowest BCUT2D eigenvalue weighted by molar-refractivity contribution is -0.0564. The first kappa shape index (κ1) is 19.5. The Morgan fingerprint density at radius 2 is 2.07 bits per heavy atom. The summed E-state index contributed by atoms with van der Waals surface area (Å²) in [5.41, 5.74) is 1.20. The van der Waals surface area contributed by atoms with E-state index in [0.29, 0.717) is 28.0 Å². The van der Waals surface area contributed by atoms with Crippen LogP contribution in [0.5, 0.6) is 0 Å². The number of hydrogen-bond acceptors (Lipinski definition) is 6. The fourth-order valence-electron chi connectivity index (χ4n) is 3.62. The third-order valence-electron chi connectivity index (χ3n) is 5.27. The number of aliphatic hydroxyl groups excluding tert-OH is 2. The number of alkyl halides is 1. The number of rotatable bonds is 2. The van der Waals surface area contributed by atoms with Gasteiger partial charge in [0.2, 0.25) is 0 Å². The molecule has 0 unspecified atom stereocenters. The van der Waals surface area contributed by atoms with Gasteiger partial charge in [-0.05, 0) is 38.3 Å². The Labute approximate surface area is 167 Å². The standard InChI is InChI=1S/C21H21FN4O3/c1-12-5-4-8-23-15(12)7-6-14-9-26(19-17(14)13(2)24-11-25-19)20-21(3,22)18(28)16(10-27)29-20/h4-5,8-9,11,16,18,20,27-28H,10H2,1-3H3/t16-,18-,20-,21-/m1/s1. The summed E-state index contributed by atoms with van der Waals surface area (Å²) in [5, 5.41) is 20.3. The number of hydrogen-bond donors (Lipinski definition) is 2. The number of halogens is 1. The molecule has 0 bridgehead atoms. The fourth-order valence-corrected chi connectivity index (χ4v) is 3.62. The normalized spacial score (nSPS) is 26.5. The first-order valence-corrected chi connectivity index (χ1v) is 9.23. The van der Waals surface area contributed by atoms with E-state index in [4.69, 9.17) is 4.74 Å². The van der Waals surface area contributed by atoms with Gasteiger partial charge in [0.15, 0.2) is 11.9 Å². The lowest BCUT2D eigenvalue weighted by atomic mass is 9.98. The minimum atomic E-state index is -2.12. The van der Waals surface area contributed by atoms with E-state index < -0.39 is 30.7 Å². The van der Waals surface area contributed by atoms with Gasteiger partial charge in [0.1, 0.15) is 29.9 Å². The van der Waals surface area contributed by atoms with Crippen LogP contribution in [0, 0.1) is 25.7 Å². The summed E-state index contributed by atoms with van der Waals surface area (Å²) in [6.45, 7) is 4.50. The summed E-state index contributed by atoms with van der Waals surface area (Å²) in [4.78, 5) is 12.8. The Morgan fingerprint density at radius 3 is 2.76 bits per heavy atom. The number of aryl methyl sites for hydroxylation is 2. The van der Waals surface area contributed by atoms with Crippen molar-refractivity contribution in [3.63, 3.8) is 0 Å². The minimum Gasteiger partial charge on any atom is -0.394 e. The van der Waals surface area contributed by atoms with E-state index in [1.165, 1.54) is 17.8 Å². The van der Waals surface area contributed by atoms with Crippen molar-refractivity contribution >= 4 is 11.0 Å². The molecular formula is C21H21FN4O3. The van der Waals surface area contributed by atoms with Crippen LogP contribution < -0.4 is 0 Å². The van der Waals surface area contributed by atoms with Gasteiger partial charge in [0.25, 0.3) is 0 Å². The molecule has 1 fully saturated rings. The molecule has 3 aromatic heterocycles. The largest absolute Gasteiger partial charge is 0.394 e. The Hall–Kier alpha value is -2.86. The maximum absolute atomic E-state index is 15.3. The molecule has 150 valence electrons. The van der Waals surface area contributed by atoms with Crippen LogP contribution in [0.15, 0.2) is 30.9 Å². The van der Waals surface area contributed by atoms with Crippen molar-refractivity contribution in [3.05, 3.63) is 53.4 Å². The van der Waals surface area contributed by atoms with E-state index in [1.807, 2.05) is 26.0 Å². The molecule has 4 heterocycles. The number of aromatic nitrogens is 4. The van der Waals surface area contributed by atoms with E-state index in [-0.39, 0.29) is 0 Å². The lowest BCUT2D eigenvalue weighted by Crippen LogP contribution is -2.40. The molecule has 1 aliphatic heterocycles. The minimum absolute atomic E-state index is 0.444. The molecule has 0 radical (unpaired) electrons. The highest BCUT2D eigenvalue weighted by Crippen LogP contribution is 2.43. The molecule has 0 aromatic carbocycles. The van der Waals surface area contributed by atoms with Crippen LogP contribution in [0.2, 0.25) is 0 Å². The molecule has 0 spiro atoms. The van der Waals surface area contributed by atoms with Crippen LogP contribution in [0.4, 0.5) is 4.39 Å². The van der Waals surface area contributed by atoms with Gasteiger partial charge in [0, 0.05) is 12.4 Å². The van der Waals surface area contributed by atoms with Crippen molar-refractivity contribution in [2.75, 3.05) is 6.61 Å². The quantitative estimate of drug-likeness (QED) is 0.642. The highest BCUT2D eigenvalue weighted by atomic mass is 19.1. The van der Waals surface area contributed by atoms with Crippen LogP contribution in [0.3, 0.4) is 0 Å². The average molecular weight is 396 g/mol. The van der Waals surface area contributed by atoms with Crippen molar-refractivity contribution in [2.24, 2.45) is 0 Å². The fraction of sp³-hybridized carbons (Fsp3) is 0.381. The highest BCUT2D eigenvalue weighted by molar-refractivity contribution is 5.86. The van der Waals surface area contributed by atoms with Crippen LogP contribution in [-0.4, -0.2) is 54.2 Å². The van der Waals surface area contributed by atoms with E-state index in [1.54, 1.807) is 12.4 Å². The van der Waals surface area contributed by atoms with Gasteiger partial charge in [-0.3, -0.25) is 0 Å². The molecule has 1 saturated heterocycles. The Balaban J connectivity index is 1.86. The number of fused-ring (bicyclic) bond motifs is 1. The number of aliphatic hydroxyl groups is 2. The first-order valence-electron chi connectivity index (χ1n) is 9.23. The van der Waals surface area contributed by atoms with Crippen molar-refractivity contribution in [3.8, 4) is 11.8 Å².